The second kappa shape index (κ2) is 9.34. The topological polar surface area (TPSA) is 85.2 Å². The number of allylic oxidation sites excluding steroid dienone is 1. The summed E-state index contributed by atoms with van der Waals surface area (Å²) in [6.45, 7) is 4.75. The molecular formula is C20H23N3O3S2. The first-order chi connectivity index (χ1) is 13.6. The molecule has 1 saturated heterocycles. The zero-order valence-corrected chi connectivity index (χ0v) is 17.8. The molecule has 1 aliphatic heterocycles. The van der Waals surface area contributed by atoms with Crippen LogP contribution in [0.3, 0.4) is 0 Å². The van der Waals surface area contributed by atoms with Gasteiger partial charge < -0.3 is 9.47 Å². The van der Waals surface area contributed by atoms with Crippen molar-refractivity contribution in [2.75, 3.05) is 13.7 Å². The molecule has 0 unspecified atom stereocenters. The smallest absolute Gasteiger partial charge is 0.186 e. The number of aryl methyl sites for hydroxylation is 1. The Kier molecular flexibility index (Phi) is 6.85. The Morgan fingerprint density at radius 2 is 2.07 bits per heavy atom. The molecule has 148 valence electrons. The predicted molar refractivity (Wildman–Crippen MR) is 114 cm³/mol. The molecule has 0 aliphatic carbocycles. The molecule has 3 rings (SSSR count). The van der Waals surface area contributed by atoms with Crippen molar-refractivity contribution in [3.63, 3.8) is 0 Å². The van der Waals surface area contributed by atoms with E-state index in [9.17, 15) is 4.79 Å². The van der Waals surface area contributed by atoms with E-state index in [1.54, 1.807) is 13.2 Å². The Balaban J connectivity index is 1.81. The van der Waals surface area contributed by atoms with Crippen LogP contribution in [0.25, 0.3) is 6.08 Å². The van der Waals surface area contributed by atoms with Crippen molar-refractivity contribution in [3.8, 4) is 11.5 Å². The summed E-state index contributed by atoms with van der Waals surface area (Å²) in [6.07, 6.45) is 4.61. The van der Waals surface area contributed by atoms with Gasteiger partial charge in [-0.05, 0) is 36.6 Å². The third-order valence-electron chi connectivity index (χ3n) is 4.26. The van der Waals surface area contributed by atoms with Gasteiger partial charge in [-0.2, -0.15) is 0 Å². The van der Waals surface area contributed by atoms with Crippen LogP contribution in [0.1, 0.15) is 48.2 Å². The number of carbonyl (C=O) groups is 1. The first-order valence-electron chi connectivity index (χ1n) is 9.22. The van der Waals surface area contributed by atoms with E-state index in [-0.39, 0.29) is 5.78 Å². The van der Waals surface area contributed by atoms with Crippen LogP contribution in [-0.2, 0) is 11.2 Å². The Bertz CT molecular complexity index is 908. The molecular weight excluding hydrogens is 394 g/mol. The van der Waals surface area contributed by atoms with Crippen molar-refractivity contribution < 1.29 is 14.3 Å². The predicted octanol–water partition coefficient (Wildman–Crippen LogP) is 4.71. The second-order valence-corrected chi connectivity index (χ2v) is 8.45. The number of unbranched alkanes of at least 4 members (excludes halogenated alkanes) is 1. The Hall–Kier alpha value is -2.19. The third kappa shape index (κ3) is 4.44. The van der Waals surface area contributed by atoms with Crippen molar-refractivity contribution in [3.05, 3.63) is 38.7 Å². The minimum Gasteiger partial charge on any atom is -0.493 e. The normalized spacial score (nSPS) is 18.1. The van der Waals surface area contributed by atoms with Crippen LogP contribution in [0, 0.1) is 5.41 Å². The molecule has 1 N–H and O–H groups in total. The average Bonchev–Trinajstić information content (AvgIpc) is 3.27. The number of Topliss-reactive ketones (excluding diaryl/α,β-unsaturated/α-hetero) is 1. The number of hydrogen-bond acceptors (Lipinski definition) is 8. The summed E-state index contributed by atoms with van der Waals surface area (Å²) in [5.41, 5.74) is 0.829. The lowest BCUT2D eigenvalue weighted by atomic mass is 10.1. The van der Waals surface area contributed by atoms with E-state index in [0.717, 1.165) is 29.8 Å². The lowest BCUT2D eigenvalue weighted by molar-refractivity contribution is -0.114. The number of aromatic nitrogens is 2. The molecule has 0 bridgehead atoms. The number of ketones is 1. The number of carbonyl (C=O) groups excluding carboxylic acids is 1. The molecule has 0 radical (unpaired) electrons. The number of ether oxygens (including phenoxy) is 2. The molecule has 0 spiro atoms. The molecule has 2 heterocycles. The summed E-state index contributed by atoms with van der Waals surface area (Å²) in [5.74, 6) is 0.586. The highest BCUT2D eigenvalue weighted by molar-refractivity contribution is 8.19. The van der Waals surface area contributed by atoms with Crippen molar-refractivity contribution >= 4 is 40.0 Å². The second-order valence-electron chi connectivity index (χ2n) is 6.27. The third-order valence-corrected chi connectivity index (χ3v) is 6.39. The number of nitrogens with one attached hydrogen (secondary N) is 1. The highest BCUT2D eigenvalue weighted by Crippen LogP contribution is 2.42. The van der Waals surface area contributed by atoms with Gasteiger partial charge in [0.1, 0.15) is 15.9 Å². The monoisotopic (exact) mass is 417 g/mol. The lowest BCUT2D eigenvalue weighted by Gasteiger charge is -2.11. The van der Waals surface area contributed by atoms with Gasteiger partial charge in [0.2, 0.25) is 0 Å². The largest absolute Gasteiger partial charge is 0.493 e. The summed E-state index contributed by atoms with van der Waals surface area (Å²) in [4.78, 5) is 13.4. The van der Waals surface area contributed by atoms with Gasteiger partial charge in [0.15, 0.2) is 17.3 Å². The molecule has 8 heteroatoms. The Labute approximate surface area is 172 Å². The summed E-state index contributed by atoms with van der Waals surface area (Å²) in [5, 5.41) is 18.2. The fourth-order valence-electron chi connectivity index (χ4n) is 2.71. The summed E-state index contributed by atoms with van der Waals surface area (Å²) < 4.78 is 11.2. The van der Waals surface area contributed by atoms with Crippen LogP contribution in [-0.4, -0.2) is 34.7 Å². The summed E-state index contributed by atoms with van der Waals surface area (Å²) in [6, 6.07) is 5.59. The maximum absolute atomic E-state index is 12.9. The van der Waals surface area contributed by atoms with Crippen molar-refractivity contribution in [1.82, 2.24) is 10.2 Å². The molecule has 1 aliphatic rings. The molecule has 1 aromatic carbocycles. The van der Waals surface area contributed by atoms with E-state index in [0.29, 0.717) is 33.1 Å². The van der Waals surface area contributed by atoms with Crippen LogP contribution in [0.15, 0.2) is 23.1 Å². The van der Waals surface area contributed by atoms with E-state index in [1.165, 1.54) is 23.1 Å². The molecule has 1 atom stereocenters. The molecule has 28 heavy (non-hydrogen) atoms. The van der Waals surface area contributed by atoms with Gasteiger partial charge in [-0.3, -0.25) is 10.2 Å². The molecule has 0 saturated carbocycles. The first kappa shape index (κ1) is 20.5. The molecule has 6 nitrogen and oxygen atoms in total. The van der Waals surface area contributed by atoms with Crippen LogP contribution in [0.5, 0.6) is 11.5 Å². The van der Waals surface area contributed by atoms with Crippen LogP contribution in [0.2, 0.25) is 0 Å². The highest BCUT2D eigenvalue weighted by Gasteiger charge is 2.39. The highest BCUT2D eigenvalue weighted by atomic mass is 32.2. The fraction of sp³-hybridized carbons (Fsp3) is 0.400. The Morgan fingerprint density at radius 1 is 1.25 bits per heavy atom. The van der Waals surface area contributed by atoms with E-state index in [4.69, 9.17) is 14.9 Å². The molecule has 1 fully saturated rings. The number of hydrogen-bond donors (Lipinski definition) is 1. The van der Waals surface area contributed by atoms with Crippen LogP contribution < -0.4 is 9.47 Å². The zero-order chi connectivity index (χ0) is 20.1. The maximum atomic E-state index is 12.9. The number of thioether (sulfide) groups is 1. The van der Waals surface area contributed by atoms with Gasteiger partial charge in [0, 0.05) is 0 Å². The minimum atomic E-state index is -0.632. The lowest BCUT2D eigenvalue weighted by Crippen LogP contribution is -2.11. The van der Waals surface area contributed by atoms with Gasteiger partial charge in [-0.25, -0.2) is 0 Å². The van der Waals surface area contributed by atoms with Crippen LogP contribution in [0.4, 0.5) is 0 Å². The Morgan fingerprint density at radius 3 is 2.75 bits per heavy atom. The molecule has 2 aromatic rings. The van der Waals surface area contributed by atoms with Crippen molar-refractivity contribution in [1.29, 1.82) is 5.41 Å². The first-order valence-corrected chi connectivity index (χ1v) is 10.9. The number of methoxy groups -OCH3 is 1. The fourth-order valence-corrected chi connectivity index (χ4v) is 4.66. The van der Waals surface area contributed by atoms with Gasteiger partial charge in [-0.15, -0.1) is 21.5 Å². The summed E-state index contributed by atoms with van der Waals surface area (Å²) >= 11 is 2.59. The van der Waals surface area contributed by atoms with Gasteiger partial charge in [0.25, 0.3) is 0 Å². The number of nitrogens with zero attached hydrogens (tertiary/aromatic N) is 2. The summed E-state index contributed by atoms with van der Waals surface area (Å²) in [7, 11) is 1.60. The van der Waals surface area contributed by atoms with Crippen molar-refractivity contribution in [2.24, 2.45) is 0 Å². The average molecular weight is 418 g/mol. The standard InChI is InChI=1S/C20H23N3O3S2/c1-4-6-9-26-13-8-7-12(10-14(13)25-3)11-15-18(24)17(19(21)27-15)20-23-22-16(5-2)28-20/h7-8,10-11,17,21H,4-6,9H2,1-3H3/b15-11-,21-19?/t17-/m0/s1. The van der Waals surface area contributed by atoms with Gasteiger partial charge in [-0.1, -0.05) is 38.1 Å². The minimum absolute atomic E-state index is 0.101. The number of benzene rings is 1. The quantitative estimate of drug-likeness (QED) is 0.495. The molecule has 1 aromatic heterocycles. The van der Waals surface area contributed by atoms with Crippen LogP contribution >= 0.6 is 23.1 Å². The molecule has 0 amide bonds. The zero-order valence-electron chi connectivity index (χ0n) is 16.2. The number of rotatable bonds is 8. The van der Waals surface area contributed by atoms with Gasteiger partial charge >= 0.3 is 0 Å². The van der Waals surface area contributed by atoms with E-state index in [1.807, 2.05) is 25.1 Å². The SMILES string of the molecule is CCCCOc1ccc(/C=C2\SC(=N)[C@@H](c3nnc(CC)s3)C2=O)cc1OC. The van der Waals surface area contributed by atoms with Gasteiger partial charge in [0.05, 0.1) is 23.7 Å². The van der Waals surface area contributed by atoms with E-state index < -0.39 is 5.92 Å². The van der Waals surface area contributed by atoms with E-state index in [2.05, 4.69) is 17.1 Å². The van der Waals surface area contributed by atoms with Crippen molar-refractivity contribution in [2.45, 2.75) is 39.0 Å². The van der Waals surface area contributed by atoms with E-state index >= 15 is 0 Å². The maximum Gasteiger partial charge on any atom is 0.186 e.